The molecule has 2 rings (SSSR count). The van der Waals surface area contributed by atoms with Gasteiger partial charge in [-0.3, -0.25) is 4.79 Å². The second kappa shape index (κ2) is 5.82. The highest BCUT2D eigenvalue weighted by Gasteiger charge is 2.17. The van der Waals surface area contributed by atoms with E-state index in [0.717, 1.165) is 31.9 Å². The Morgan fingerprint density at radius 1 is 1.44 bits per heavy atom. The summed E-state index contributed by atoms with van der Waals surface area (Å²) in [7, 11) is 1.80. The van der Waals surface area contributed by atoms with E-state index in [1.54, 1.807) is 24.1 Å². The highest BCUT2D eigenvalue weighted by atomic mass is 19.1. The fraction of sp³-hybridized carbons (Fsp3) is 0.462. The fourth-order valence-corrected chi connectivity index (χ4v) is 2.02. The Kier molecular flexibility index (Phi) is 4.15. The van der Waals surface area contributed by atoms with Gasteiger partial charge in [-0.05, 0) is 18.2 Å². The number of amides is 1. The summed E-state index contributed by atoms with van der Waals surface area (Å²) in [6.07, 6.45) is 0. The van der Waals surface area contributed by atoms with Crippen molar-refractivity contribution < 1.29 is 9.18 Å². The van der Waals surface area contributed by atoms with Gasteiger partial charge in [-0.25, -0.2) is 4.39 Å². The molecule has 1 aliphatic heterocycles. The van der Waals surface area contributed by atoms with Crippen LogP contribution < -0.4 is 10.2 Å². The summed E-state index contributed by atoms with van der Waals surface area (Å²) in [4.78, 5) is 15.6. The third-order valence-corrected chi connectivity index (χ3v) is 3.09. The van der Waals surface area contributed by atoms with Gasteiger partial charge in [0.15, 0.2) is 0 Å². The zero-order chi connectivity index (χ0) is 13.0. The number of nitrogens with zero attached hydrogens (tertiary/aromatic N) is 2. The van der Waals surface area contributed by atoms with Crippen molar-refractivity contribution in [3.63, 3.8) is 0 Å². The van der Waals surface area contributed by atoms with Crippen molar-refractivity contribution in [1.29, 1.82) is 0 Å². The quantitative estimate of drug-likeness (QED) is 0.858. The normalized spacial score (nSPS) is 15.6. The lowest BCUT2D eigenvalue weighted by atomic mass is 10.2. The monoisotopic (exact) mass is 251 g/mol. The molecule has 1 saturated heterocycles. The van der Waals surface area contributed by atoms with Crippen molar-refractivity contribution in [2.24, 2.45) is 0 Å². The van der Waals surface area contributed by atoms with Crippen LogP contribution in [0, 0.1) is 5.82 Å². The second-order valence-electron chi connectivity index (χ2n) is 4.47. The van der Waals surface area contributed by atoms with E-state index in [1.807, 2.05) is 4.90 Å². The molecule has 5 heteroatoms. The number of piperazine rings is 1. The minimum Gasteiger partial charge on any atom is -0.365 e. The van der Waals surface area contributed by atoms with Crippen LogP contribution in [0.25, 0.3) is 0 Å². The number of likely N-dealkylation sites (N-methyl/N-ethyl adjacent to an activating group) is 1. The van der Waals surface area contributed by atoms with Gasteiger partial charge in [0.2, 0.25) is 5.91 Å². The third-order valence-electron chi connectivity index (χ3n) is 3.09. The number of rotatable bonds is 3. The maximum atomic E-state index is 13.1. The number of carbonyl (C=O) groups is 1. The second-order valence-corrected chi connectivity index (χ2v) is 4.47. The molecule has 1 amide bonds. The molecule has 18 heavy (non-hydrogen) atoms. The standard InChI is InChI=1S/C13H18FN3O/c1-16(12-4-2-3-11(14)9-12)10-13(18)17-7-5-15-6-8-17/h2-4,9,15H,5-8,10H2,1H3. The Morgan fingerprint density at radius 3 is 2.83 bits per heavy atom. The zero-order valence-electron chi connectivity index (χ0n) is 10.5. The molecule has 4 nitrogen and oxygen atoms in total. The van der Waals surface area contributed by atoms with Crippen LogP contribution in [0.15, 0.2) is 24.3 Å². The van der Waals surface area contributed by atoms with E-state index in [2.05, 4.69) is 5.32 Å². The van der Waals surface area contributed by atoms with Crippen LogP contribution in [0.2, 0.25) is 0 Å². The van der Waals surface area contributed by atoms with Gasteiger partial charge in [0, 0.05) is 38.9 Å². The SMILES string of the molecule is CN(CC(=O)N1CCNCC1)c1cccc(F)c1. The highest BCUT2D eigenvalue weighted by molar-refractivity contribution is 5.81. The summed E-state index contributed by atoms with van der Waals surface area (Å²) in [6.45, 7) is 3.46. The van der Waals surface area contributed by atoms with Gasteiger partial charge in [-0.1, -0.05) is 6.07 Å². The van der Waals surface area contributed by atoms with Crippen LogP contribution in [-0.2, 0) is 4.79 Å². The Balaban J connectivity index is 1.94. The van der Waals surface area contributed by atoms with Gasteiger partial charge in [-0.2, -0.15) is 0 Å². The smallest absolute Gasteiger partial charge is 0.242 e. The molecule has 1 heterocycles. The summed E-state index contributed by atoms with van der Waals surface area (Å²) in [5.41, 5.74) is 0.721. The first-order chi connectivity index (χ1) is 8.66. The lowest BCUT2D eigenvalue weighted by molar-refractivity contribution is -0.130. The largest absolute Gasteiger partial charge is 0.365 e. The van der Waals surface area contributed by atoms with Crippen molar-refractivity contribution in [2.45, 2.75) is 0 Å². The van der Waals surface area contributed by atoms with E-state index in [1.165, 1.54) is 12.1 Å². The molecule has 0 radical (unpaired) electrons. The van der Waals surface area contributed by atoms with Crippen LogP contribution >= 0.6 is 0 Å². The van der Waals surface area contributed by atoms with Crippen LogP contribution in [0.5, 0.6) is 0 Å². The van der Waals surface area contributed by atoms with Gasteiger partial charge in [0.05, 0.1) is 6.54 Å². The third kappa shape index (κ3) is 3.20. The average Bonchev–Trinajstić information content (AvgIpc) is 2.39. The molecular weight excluding hydrogens is 233 g/mol. The van der Waals surface area contributed by atoms with Crippen LogP contribution in [0.1, 0.15) is 0 Å². The number of halogens is 1. The number of carbonyl (C=O) groups excluding carboxylic acids is 1. The lowest BCUT2D eigenvalue weighted by Crippen LogP contribution is -2.49. The molecule has 1 fully saturated rings. The predicted octanol–water partition coefficient (Wildman–Crippen LogP) is 0.694. The summed E-state index contributed by atoms with van der Waals surface area (Å²) in [5, 5.41) is 3.20. The van der Waals surface area contributed by atoms with E-state index in [9.17, 15) is 9.18 Å². The van der Waals surface area contributed by atoms with Crippen molar-refractivity contribution in [3.8, 4) is 0 Å². The van der Waals surface area contributed by atoms with Gasteiger partial charge in [-0.15, -0.1) is 0 Å². The lowest BCUT2D eigenvalue weighted by Gasteiger charge is -2.29. The molecule has 1 N–H and O–H groups in total. The number of anilines is 1. The highest BCUT2D eigenvalue weighted by Crippen LogP contribution is 2.13. The molecule has 1 aliphatic rings. The van der Waals surface area contributed by atoms with Gasteiger partial charge < -0.3 is 15.1 Å². The summed E-state index contributed by atoms with van der Waals surface area (Å²) in [6, 6.07) is 6.28. The molecule has 0 atom stereocenters. The Hall–Kier alpha value is -1.62. The first kappa shape index (κ1) is 12.8. The topological polar surface area (TPSA) is 35.6 Å². The molecule has 1 aromatic rings. The molecular formula is C13H18FN3O. The van der Waals surface area contributed by atoms with E-state index in [0.29, 0.717) is 0 Å². The minimum atomic E-state index is -0.283. The maximum Gasteiger partial charge on any atom is 0.242 e. The predicted molar refractivity (Wildman–Crippen MR) is 69.1 cm³/mol. The van der Waals surface area contributed by atoms with Crippen molar-refractivity contribution in [1.82, 2.24) is 10.2 Å². The average molecular weight is 251 g/mol. The van der Waals surface area contributed by atoms with E-state index >= 15 is 0 Å². The van der Waals surface area contributed by atoms with Crippen LogP contribution in [-0.4, -0.2) is 50.6 Å². The molecule has 0 bridgehead atoms. The molecule has 0 saturated carbocycles. The van der Waals surface area contributed by atoms with Gasteiger partial charge in [0.1, 0.15) is 5.82 Å². The summed E-state index contributed by atoms with van der Waals surface area (Å²) in [5.74, 6) is -0.197. The minimum absolute atomic E-state index is 0.0864. The number of hydrogen-bond acceptors (Lipinski definition) is 3. The Labute approximate surface area is 106 Å². The van der Waals surface area contributed by atoms with Crippen LogP contribution in [0.3, 0.4) is 0 Å². The van der Waals surface area contributed by atoms with Crippen molar-refractivity contribution in [2.75, 3.05) is 44.7 Å². The van der Waals surface area contributed by atoms with Gasteiger partial charge in [0.25, 0.3) is 0 Å². The molecule has 0 spiro atoms. The van der Waals surface area contributed by atoms with E-state index in [-0.39, 0.29) is 18.3 Å². The van der Waals surface area contributed by atoms with Crippen molar-refractivity contribution >= 4 is 11.6 Å². The van der Waals surface area contributed by atoms with E-state index < -0.39 is 0 Å². The van der Waals surface area contributed by atoms with Crippen molar-refractivity contribution in [3.05, 3.63) is 30.1 Å². The van der Waals surface area contributed by atoms with E-state index in [4.69, 9.17) is 0 Å². The maximum absolute atomic E-state index is 13.1. The molecule has 0 aliphatic carbocycles. The first-order valence-corrected chi connectivity index (χ1v) is 6.12. The first-order valence-electron chi connectivity index (χ1n) is 6.12. The Bertz CT molecular complexity index is 418. The Morgan fingerprint density at radius 2 is 2.17 bits per heavy atom. The molecule has 98 valence electrons. The number of nitrogens with one attached hydrogen (secondary N) is 1. The molecule has 1 aromatic carbocycles. The summed E-state index contributed by atoms with van der Waals surface area (Å²) >= 11 is 0. The van der Waals surface area contributed by atoms with Crippen LogP contribution in [0.4, 0.5) is 10.1 Å². The summed E-state index contributed by atoms with van der Waals surface area (Å²) < 4.78 is 13.1. The number of hydrogen-bond donors (Lipinski definition) is 1. The zero-order valence-corrected chi connectivity index (χ0v) is 10.5. The molecule has 0 aromatic heterocycles. The molecule has 0 unspecified atom stereocenters. The number of benzene rings is 1. The fourth-order valence-electron chi connectivity index (χ4n) is 2.02. The van der Waals surface area contributed by atoms with Gasteiger partial charge >= 0.3 is 0 Å².